The van der Waals surface area contributed by atoms with Crippen molar-refractivity contribution in [1.82, 2.24) is 10.2 Å². The van der Waals surface area contributed by atoms with Gasteiger partial charge in [-0.3, -0.25) is 5.10 Å². The van der Waals surface area contributed by atoms with Gasteiger partial charge in [-0.25, -0.2) is 8.78 Å². The smallest absolute Gasteiger partial charge is 0.244 e. The number of halogens is 2. The Hall–Kier alpha value is -3.66. The van der Waals surface area contributed by atoms with E-state index in [0.29, 0.717) is 22.4 Å². The first-order valence-corrected chi connectivity index (χ1v) is 7.75. The van der Waals surface area contributed by atoms with Crippen LogP contribution >= 0.6 is 0 Å². The van der Waals surface area contributed by atoms with E-state index >= 15 is 0 Å². The molecule has 1 aliphatic heterocycles. The Morgan fingerprint density at radius 3 is 2.58 bits per heavy atom. The van der Waals surface area contributed by atoms with Gasteiger partial charge in [-0.15, -0.1) is 5.10 Å². The van der Waals surface area contributed by atoms with Gasteiger partial charge in [0, 0.05) is 5.56 Å². The van der Waals surface area contributed by atoms with Crippen molar-refractivity contribution in [2.24, 2.45) is 5.73 Å². The summed E-state index contributed by atoms with van der Waals surface area (Å²) in [6, 6.07) is 13.8. The lowest BCUT2D eigenvalue weighted by Crippen LogP contribution is -2.21. The molecule has 0 unspecified atom stereocenters. The molecule has 2 aromatic carbocycles. The molecule has 0 radical (unpaired) electrons. The van der Waals surface area contributed by atoms with Crippen molar-refractivity contribution in [2.75, 3.05) is 0 Å². The summed E-state index contributed by atoms with van der Waals surface area (Å²) in [5, 5.41) is 16.5. The number of nitrogens with one attached hydrogen (secondary N) is 1. The zero-order chi connectivity index (χ0) is 18.3. The van der Waals surface area contributed by atoms with Gasteiger partial charge in [0.25, 0.3) is 0 Å². The van der Waals surface area contributed by atoms with Crippen LogP contribution in [0.15, 0.2) is 60.0 Å². The molecule has 0 saturated heterocycles. The van der Waals surface area contributed by atoms with E-state index in [4.69, 9.17) is 10.5 Å². The van der Waals surface area contributed by atoms with Crippen molar-refractivity contribution >= 4 is 0 Å². The van der Waals surface area contributed by atoms with Gasteiger partial charge in [-0.2, -0.15) is 5.26 Å². The van der Waals surface area contributed by atoms with Gasteiger partial charge in [0.15, 0.2) is 0 Å². The Kier molecular flexibility index (Phi) is 3.66. The highest BCUT2D eigenvalue weighted by Crippen LogP contribution is 2.45. The average Bonchev–Trinajstić information content (AvgIpc) is 3.04. The first-order valence-electron chi connectivity index (χ1n) is 7.75. The third-order valence-corrected chi connectivity index (χ3v) is 4.25. The second-order valence-corrected chi connectivity index (χ2v) is 5.80. The van der Waals surface area contributed by atoms with E-state index in [2.05, 4.69) is 10.2 Å². The van der Waals surface area contributed by atoms with E-state index in [1.54, 1.807) is 24.3 Å². The quantitative estimate of drug-likeness (QED) is 0.739. The molecule has 3 N–H and O–H groups in total. The second-order valence-electron chi connectivity index (χ2n) is 5.80. The lowest BCUT2D eigenvalue weighted by molar-refractivity contribution is 0.379. The number of ether oxygens (including phenoxy) is 1. The van der Waals surface area contributed by atoms with E-state index in [0.717, 1.165) is 0 Å². The molecule has 0 fully saturated rings. The van der Waals surface area contributed by atoms with Crippen LogP contribution in [0.3, 0.4) is 0 Å². The van der Waals surface area contributed by atoms with Crippen molar-refractivity contribution < 1.29 is 13.5 Å². The molecular weight excluding hydrogens is 338 g/mol. The summed E-state index contributed by atoms with van der Waals surface area (Å²) in [4.78, 5) is 0. The van der Waals surface area contributed by atoms with Crippen molar-refractivity contribution in [3.05, 3.63) is 82.7 Å². The molecule has 0 saturated carbocycles. The van der Waals surface area contributed by atoms with Crippen LogP contribution in [-0.4, -0.2) is 10.2 Å². The molecule has 0 spiro atoms. The number of benzene rings is 2. The number of fused-ring (bicyclic) bond motifs is 1. The molecule has 7 heteroatoms. The van der Waals surface area contributed by atoms with Gasteiger partial charge in [0.2, 0.25) is 11.8 Å². The lowest BCUT2D eigenvalue weighted by Gasteiger charge is -2.24. The van der Waals surface area contributed by atoms with Crippen molar-refractivity contribution in [2.45, 2.75) is 5.92 Å². The molecule has 0 bridgehead atoms. The summed E-state index contributed by atoms with van der Waals surface area (Å²) in [6.45, 7) is 0. The fraction of sp³-hybridized carbons (Fsp3) is 0.0526. The number of nitriles is 1. The van der Waals surface area contributed by atoms with Gasteiger partial charge < -0.3 is 10.5 Å². The highest BCUT2D eigenvalue weighted by Gasteiger charge is 2.35. The van der Waals surface area contributed by atoms with Crippen LogP contribution in [0.5, 0.6) is 5.88 Å². The number of hydrogen-bond donors (Lipinski definition) is 2. The summed E-state index contributed by atoms with van der Waals surface area (Å²) in [5.74, 6) is -1.33. The number of nitrogens with zero attached hydrogens (tertiary/aromatic N) is 2. The molecule has 1 atom stereocenters. The molecular formula is C19H12F2N4O. The molecule has 5 nitrogen and oxygen atoms in total. The van der Waals surface area contributed by atoms with Gasteiger partial charge in [0.05, 0.1) is 17.2 Å². The number of hydrogen-bond acceptors (Lipinski definition) is 4. The van der Waals surface area contributed by atoms with E-state index in [1.807, 2.05) is 6.07 Å². The van der Waals surface area contributed by atoms with E-state index < -0.39 is 11.7 Å². The fourth-order valence-electron chi connectivity index (χ4n) is 3.10. The SMILES string of the molecule is N#CC1=C(N)Oc2n[nH]c(-c3ccc(F)cc3)c2[C@@H]1c1cccc(F)c1. The zero-order valence-electron chi connectivity index (χ0n) is 13.3. The van der Waals surface area contributed by atoms with Gasteiger partial charge >= 0.3 is 0 Å². The predicted octanol–water partition coefficient (Wildman–Crippen LogP) is 3.57. The number of allylic oxidation sites excluding steroid dienone is 1. The maximum absolute atomic E-state index is 13.8. The molecule has 26 heavy (non-hydrogen) atoms. The number of nitrogens with two attached hydrogens (primary N) is 1. The minimum absolute atomic E-state index is 0.0774. The minimum Gasteiger partial charge on any atom is -0.420 e. The molecule has 3 aromatic rings. The maximum Gasteiger partial charge on any atom is 0.244 e. The number of rotatable bonds is 2. The Labute approximate surface area is 147 Å². The summed E-state index contributed by atoms with van der Waals surface area (Å²) >= 11 is 0. The van der Waals surface area contributed by atoms with Gasteiger partial charge in [-0.05, 0) is 42.0 Å². The van der Waals surface area contributed by atoms with Crippen molar-refractivity contribution in [1.29, 1.82) is 5.26 Å². The van der Waals surface area contributed by atoms with E-state index in [9.17, 15) is 14.0 Å². The first kappa shape index (κ1) is 15.8. The monoisotopic (exact) mass is 350 g/mol. The molecule has 2 heterocycles. The second kappa shape index (κ2) is 6.01. The molecule has 4 rings (SSSR count). The van der Waals surface area contributed by atoms with Crippen LogP contribution in [0.4, 0.5) is 8.78 Å². The normalized spacial score (nSPS) is 16.0. The van der Waals surface area contributed by atoms with Gasteiger partial charge in [0.1, 0.15) is 23.3 Å². The third-order valence-electron chi connectivity index (χ3n) is 4.25. The standard InChI is InChI=1S/C19H12F2N4O/c20-12-6-4-10(5-7-12)17-16-15(11-2-1-3-13(21)8-11)14(9-22)18(23)26-19(16)25-24-17/h1-8,15H,23H2,(H,24,25)/t15-/m1/s1. The third kappa shape index (κ3) is 2.48. The Balaban J connectivity index is 1.95. The lowest BCUT2D eigenvalue weighted by atomic mass is 9.83. The van der Waals surface area contributed by atoms with Crippen LogP contribution in [0, 0.1) is 23.0 Å². The van der Waals surface area contributed by atoms with Crippen LogP contribution in [0.1, 0.15) is 17.0 Å². The van der Waals surface area contributed by atoms with Crippen LogP contribution in [0.25, 0.3) is 11.3 Å². The molecule has 1 aliphatic rings. The number of aromatic amines is 1. The van der Waals surface area contributed by atoms with Crippen molar-refractivity contribution in [3.63, 3.8) is 0 Å². The Bertz CT molecular complexity index is 1060. The van der Waals surface area contributed by atoms with E-state index in [-0.39, 0.29) is 23.2 Å². The van der Waals surface area contributed by atoms with Crippen LogP contribution in [0.2, 0.25) is 0 Å². The van der Waals surface area contributed by atoms with Gasteiger partial charge in [-0.1, -0.05) is 12.1 Å². The molecule has 0 amide bonds. The summed E-state index contributed by atoms with van der Waals surface area (Å²) in [5.41, 5.74) is 8.33. The summed E-state index contributed by atoms with van der Waals surface area (Å²) in [6.07, 6.45) is 0. The minimum atomic E-state index is -0.654. The molecule has 128 valence electrons. The molecule has 0 aliphatic carbocycles. The average molecular weight is 350 g/mol. The summed E-state index contributed by atoms with van der Waals surface area (Å²) < 4.78 is 32.5. The van der Waals surface area contributed by atoms with Crippen molar-refractivity contribution in [3.8, 4) is 23.2 Å². The number of aromatic nitrogens is 2. The largest absolute Gasteiger partial charge is 0.420 e. The van der Waals surface area contributed by atoms with E-state index in [1.165, 1.54) is 24.3 Å². The predicted molar refractivity (Wildman–Crippen MR) is 89.7 cm³/mol. The highest BCUT2D eigenvalue weighted by molar-refractivity contribution is 5.70. The number of H-pyrrole nitrogens is 1. The fourth-order valence-corrected chi connectivity index (χ4v) is 3.10. The van der Waals surface area contributed by atoms with Crippen LogP contribution in [-0.2, 0) is 0 Å². The Morgan fingerprint density at radius 2 is 1.88 bits per heavy atom. The molecule has 1 aromatic heterocycles. The maximum atomic E-state index is 13.8. The topological polar surface area (TPSA) is 87.7 Å². The zero-order valence-corrected chi connectivity index (χ0v) is 13.3. The van der Waals surface area contributed by atoms with Crippen LogP contribution < -0.4 is 10.5 Å². The highest BCUT2D eigenvalue weighted by atomic mass is 19.1. The first-order chi connectivity index (χ1) is 12.6. The Morgan fingerprint density at radius 1 is 1.12 bits per heavy atom. The summed E-state index contributed by atoms with van der Waals surface area (Å²) in [7, 11) is 0.